The molecule has 8 heteroatoms. The molecular weight excluding hydrogens is 421 g/mol. The van der Waals surface area contributed by atoms with Gasteiger partial charge >= 0.3 is 5.63 Å². The number of hydrogen-bond acceptors (Lipinski definition) is 6. The number of nitrogens with one attached hydrogen (secondary N) is 2. The van der Waals surface area contributed by atoms with Crippen molar-refractivity contribution < 1.29 is 13.5 Å². The van der Waals surface area contributed by atoms with Crippen molar-refractivity contribution in [3.63, 3.8) is 0 Å². The number of anilines is 3. The SMILES string of the molecule is CNc1nc(CC2=CCC=C(Cl)C=C2)c(Nc2ccc(OC(C)C)c(CF)c2)c(=O)o1. The number of halogens is 2. The normalized spacial score (nSPS) is 13.5. The van der Waals surface area contributed by atoms with Crippen LogP contribution >= 0.6 is 11.6 Å². The summed E-state index contributed by atoms with van der Waals surface area (Å²) in [5.74, 6) is 0.470. The fourth-order valence-corrected chi connectivity index (χ4v) is 3.21. The van der Waals surface area contributed by atoms with Gasteiger partial charge < -0.3 is 19.8 Å². The zero-order chi connectivity index (χ0) is 22.4. The highest BCUT2D eigenvalue weighted by Crippen LogP contribution is 2.28. The summed E-state index contributed by atoms with van der Waals surface area (Å²) in [6.07, 6.45) is 8.61. The standard InChI is InChI=1S/C23H25ClFN3O3/c1-14(2)30-20-10-9-18(12-16(20)13-25)27-21-19(28-23(26-3)31-22(21)29)11-15-5-4-6-17(24)8-7-15/h5-10,12,14,27H,4,11,13H2,1-3H3,(H,26,28). The van der Waals surface area contributed by atoms with Gasteiger partial charge in [0.15, 0.2) is 0 Å². The van der Waals surface area contributed by atoms with Gasteiger partial charge in [0.2, 0.25) is 0 Å². The minimum absolute atomic E-state index is 0.0788. The van der Waals surface area contributed by atoms with E-state index in [1.54, 1.807) is 31.3 Å². The summed E-state index contributed by atoms with van der Waals surface area (Å²) >= 11 is 6.07. The van der Waals surface area contributed by atoms with E-state index in [1.165, 1.54) is 0 Å². The summed E-state index contributed by atoms with van der Waals surface area (Å²) in [5.41, 5.74) is 2.00. The molecule has 31 heavy (non-hydrogen) atoms. The fourth-order valence-electron chi connectivity index (χ4n) is 3.06. The molecule has 0 bridgehead atoms. The van der Waals surface area contributed by atoms with Crippen molar-refractivity contribution in [3.05, 3.63) is 74.8 Å². The summed E-state index contributed by atoms with van der Waals surface area (Å²) in [6.45, 7) is 3.06. The van der Waals surface area contributed by atoms with Gasteiger partial charge in [0, 0.05) is 29.8 Å². The molecule has 1 aromatic heterocycles. The summed E-state index contributed by atoms with van der Waals surface area (Å²) in [4.78, 5) is 17.1. The second-order valence-corrected chi connectivity index (χ2v) is 7.68. The van der Waals surface area contributed by atoms with Crippen LogP contribution in [0.2, 0.25) is 0 Å². The van der Waals surface area contributed by atoms with Crippen molar-refractivity contribution in [2.45, 2.75) is 39.5 Å². The van der Waals surface area contributed by atoms with Crippen LogP contribution in [0.4, 0.5) is 21.8 Å². The van der Waals surface area contributed by atoms with E-state index in [1.807, 2.05) is 32.1 Å². The second kappa shape index (κ2) is 10.3. The summed E-state index contributed by atoms with van der Waals surface area (Å²) in [6, 6.07) is 5.13. The first-order valence-electron chi connectivity index (χ1n) is 9.96. The number of hydrogen-bond donors (Lipinski definition) is 2. The van der Waals surface area contributed by atoms with E-state index in [4.69, 9.17) is 20.8 Å². The van der Waals surface area contributed by atoms with Crippen molar-refractivity contribution in [2.75, 3.05) is 17.7 Å². The zero-order valence-electron chi connectivity index (χ0n) is 17.7. The maximum atomic E-state index is 13.6. The number of alkyl halides is 1. The van der Waals surface area contributed by atoms with Gasteiger partial charge in [-0.15, -0.1) is 0 Å². The topological polar surface area (TPSA) is 76.4 Å². The Hall–Kier alpha value is -3.06. The number of benzene rings is 1. The first-order valence-corrected chi connectivity index (χ1v) is 10.3. The Bertz CT molecular complexity index is 1090. The lowest BCUT2D eigenvalue weighted by Crippen LogP contribution is -2.15. The molecule has 1 aliphatic carbocycles. The third kappa shape index (κ3) is 5.98. The molecule has 2 N–H and O–H groups in total. The van der Waals surface area contributed by atoms with E-state index in [0.29, 0.717) is 40.6 Å². The molecule has 0 atom stereocenters. The maximum Gasteiger partial charge on any atom is 0.364 e. The highest BCUT2D eigenvalue weighted by Gasteiger charge is 2.16. The van der Waals surface area contributed by atoms with Gasteiger partial charge in [-0.05, 0) is 50.1 Å². The molecular formula is C23H25ClFN3O3. The lowest BCUT2D eigenvalue weighted by molar-refractivity contribution is 0.237. The quantitative estimate of drug-likeness (QED) is 0.548. The third-order valence-corrected chi connectivity index (χ3v) is 4.77. The van der Waals surface area contributed by atoms with Crippen LogP contribution in [-0.2, 0) is 13.1 Å². The number of ether oxygens (including phenoxy) is 1. The van der Waals surface area contributed by atoms with Gasteiger partial charge in [-0.25, -0.2) is 9.18 Å². The Labute approximate surface area is 185 Å². The molecule has 0 fully saturated rings. The summed E-state index contributed by atoms with van der Waals surface area (Å²) in [5, 5.41) is 6.47. The van der Waals surface area contributed by atoms with Crippen molar-refractivity contribution in [1.29, 1.82) is 0 Å². The molecule has 1 aliphatic rings. The Morgan fingerprint density at radius 1 is 1.29 bits per heavy atom. The predicted molar refractivity (Wildman–Crippen MR) is 122 cm³/mol. The fraction of sp³-hybridized carbons (Fsp3) is 0.304. The molecule has 6 nitrogen and oxygen atoms in total. The molecule has 1 aromatic carbocycles. The van der Waals surface area contributed by atoms with Crippen LogP contribution in [0, 0.1) is 0 Å². The highest BCUT2D eigenvalue weighted by molar-refractivity contribution is 6.31. The van der Waals surface area contributed by atoms with Crippen molar-refractivity contribution in [3.8, 4) is 5.75 Å². The van der Waals surface area contributed by atoms with Gasteiger partial charge in [0.1, 0.15) is 18.1 Å². The molecule has 0 radical (unpaired) electrons. The van der Waals surface area contributed by atoms with Crippen LogP contribution in [0.5, 0.6) is 5.75 Å². The van der Waals surface area contributed by atoms with E-state index >= 15 is 0 Å². The number of rotatable bonds is 8. The van der Waals surface area contributed by atoms with E-state index in [0.717, 1.165) is 5.57 Å². The monoisotopic (exact) mass is 445 g/mol. The molecule has 2 aromatic rings. The van der Waals surface area contributed by atoms with Crippen LogP contribution in [0.25, 0.3) is 0 Å². The van der Waals surface area contributed by atoms with E-state index in [9.17, 15) is 9.18 Å². The average Bonchev–Trinajstić information content (AvgIpc) is 2.94. The maximum absolute atomic E-state index is 13.6. The lowest BCUT2D eigenvalue weighted by atomic mass is 10.1. The largest absolute Gasteiger partial charge is 0.491 e. The van der Waals surface area contributed by atoms with Crippen LogP contribution in [-0.4, -0.2) is 18.1 Å². The Morgan fingerprint density at radius 2 is 2.10 bits per heavy atom. The van der Waals surface area contributed by atoms with Crippen LogP contribution in [0.15, 0.2) is 62.3 Å². The van der Waals surface area contributed by atoms with E-state index in [2.05, 4.69) is 15.6 Å². The van der Waals surface area contributed by atoms with E-state index < -0.39 is 12.3 Å². The van der Waals surface area contributed by atoms with Crippen molar-refractivity contribution in [2.24, 2.45) is 0 Å². The molecule has 164 valence electrons. The Morgan fingerprint density at radius 3 is 2.81 bits per heavy atom. The molecule has 0 unspecified atom stereocenters. The lowest BCUT2D eigenvalue weighted by Gasteiger charge is -2.15. The molecule has 0 saturated heterocycles. The Kier molecular flexibility index (Phi) is 7.52. The van der Waals surface area contributed by atoms with Gasteiger partial charge in [0.25, 0.3) is 6.01 Å². The predicted octanol–water partition coefficient (Wildman–Crippen LogP) is 5.63. The molecule has 3 rings (SSSR count). The minimum atomic E-state index is -0.693. The van der Waals surface area contributed by atoms with Gasteiger partial charge in [-0.1, -0.05) is 29.8 Å². The molecule has 0 aliphatic heterocycles. The summed E-state index contributed by atoms with van der Waals surface area (Å²) < 4.78 is 24.4. The molecule has 0 spiro atoms. The van der Waals surface area contributed by atoms with Crippen LogP contribution < -0.4 is 21.0 Å². The van der Waals surface area contributed by atoms with Crippen LogP contribution in [0.3, 0.4) is 0 Å². The molecule has 0 amide bonds. The van der Waals surface area contributed by atoms with Crippen LogP contribution in [0.1, 0.15) is 31.5 Å². The highest BCUT2D eigenvalue weighted by atomic mass is 35.5. The first-order chi connectivity index (χ1) is 14.9. The minimum Gasteiger partial charge on any atom is -0.491 e. The van der Waals surface area contributed by atoms with Crippen molar-refractivity contribution in [1.82, 2.24) is 4.98 Å². The Balaban J connectivity index is 1.95. The molecule has 1 heterocycles. The smallest absolute Gasteiger partial charge is 0.364 e. The first kappa shape index (κ1) is 22.6. The molecule has 0 saturated carbocycles. The number of aromatic nitrogens is 1. The number of nitrogens with zero attached hydrogens (tertiary/aromatic N) is 1. The van der Waals surface area contributed by atoms with Gasteiger partial charge in [0.05, 0.1) is 11.8 Å². The summed E-state index contributed by atoms with van der Waals surface area (Å²) in [7, 11) is 1.62. The van der Waals surface area contributed by atoms with Gasteiger partial charge in [-0.3, -0.25) is 0 Å². The number of allylic oxidation sites excluding steroid dienone is 6. The van der Waals surface area contributed by atoms with E-state index in [-0.39, 0.29) is 17.8 Å². The van der Waals surface area contributed by atoms with Crippen molar-refractivity contribution >= 4 is 29.0 Å². The second-order valence-electron chi connectivity index (χ2n) is 7.24. The average molecular weight is 446 g/mol. The zero-order valence-corrected chi connectivity index (χ0v) is 18.4. The third-order valence-electron chi connectivity index (χ3n) is 4.49. The van der Waals surface area contributed by atoms with Gasteiger partial charge in [-0.2, -0.15) is 4.98 Å².